The first-order valence-corrected chi connectivity index (χ1v) is 10.7. The summed E-state index contributed by atoms with van der Waals surface area (Å²) in [4.78, 5) is 0. The number of nitrogen functional groups attached to an aromatic ring is 1. The molecule has 2 aromatic rings. The smallest absolute Gasteiger partial charge is 0.117 e. The lowest BCUT2D eigenvalue weighted by Gasteiger charge is -2.50. The standard InChI is InChI=1S/C23H29ClN2O3/c1-2-23-10-9-17(16-8-7-15(28)11-18(16)24)20(13-3-5-14(25)6-4-13)21(23)19(12-27)26-22(23)29/h3-8,11,17,19-22,26-29H,2,9-10,12,25H2,1H3/t17-,19+,20-,21-,22?,23+/m0/s1. The number of benzene rings is 2. The van der Waals surface area contributed by atoms with Gasteiger partial charge in [0.15, 0.2) is 0 Å². The van der Waals surface area contributed by atoms with Crippen molar-refractivity contribution >= 4 is 17.3 Å². The maximum absolute atomic E-state index is 10.9. The largest absolute Gasteiger partial charge is 0.508 e. The van der Waals surface area contributed by atoms with E-state index in [1.807, 2.05) is 30.3 Å². The quantitative estimate of drug-likeness (QED) is 0.490. The fourth-order valence-corrected chi connectivity index (χ4v) is 6.23. The van der Waals surface area contributed by atoms with Crippen LogP contribution in [0, 0.1) is 11.3 Å². The summed E-state index contributed by atoms with van der Waals surface area (Å²) in [6.07, 6.45) is 1.87. The summed E-state index contributed by atoms with van der Waals surface area (Å²) in [5, 5.41) is 34.7. The highest BCUT2D eigenvalue weighted by Gasteiger charge is 2.59. The van der Waals surface area contributed by atoms with Crippen LogP contribution >= 0.6 is 11.6 Å². The van der Waals surface area contributed by atoms with Crippen LogP contribution in [-0.4, -0.2) is 34.2 Å². The van der Waals surface area contributed by atoms with E-state index >= 15 is 0 Å². The van der Waals surface area contributed by atoms with E-state index in [0.717, 1.165) is 30.4 Å². The Kier molecular flexibility index (Phi) is 5.51. The topological polar surface area (TPSA) is 98.7 Å². The number of anilines is 1. The van der Waals surface area contributed by atoms with Gasteiger partial charge in [-0.05, 0) is 72.4 Å². The van der Waals surface area contributed by atoms with Crippen molar-refractivity contribution in [3.8, 4) is 5.75 Å². The van der Waals surface area contributed by atoms with Crippen LogP contribution in [0.15, 0.2) is 42.5 Å². The van der Waals surface area contributed by atoms with Gasteiger partial charge in [-0.25, -0.2) is 0 Å². The van der Waals surface area contributed by atoms with Gasteiger partial charge >= 0.3 is 0 Å². The van der Waals surface area contributed by atoms with Gasteiger partial charge in [0.1, 0.15) is 12.0 Å². The number of aliphatic hydroxyl groups excluding tert-OH is 2. The first-order chi connectivity index (χ1) is 13.9. The number of aliphatic hydroxyl groups is 2. The summed E-state index contributed by atoms with van der Waals surface area (Å²) in [6.45, 7) is 2.08. The molecule has 6 heteroatoms. The lowest BCUT2D eigenvalue weighted by Crippen LogP contribution is -2.46. The molecule has 4 rings (SSSR count). The Morgan fingerprint density at radius 1 is 1.21 bits per heavy atom. The van der Waals surface area contributed by atoms with Crippen molar-refractivity contribution in [1.82, 2.24) is 5.32 Å². The molecule has 0 bridgehead atoms. The number of fused-ring (bicyclic) bond motifs is 1. The fraction of sp³-hybridized carbons (Fsp3) is 0.478. The normalized spacial score (nSPS) is 34.1. The van der Waals surface area contributed by atoms with Crippen LogP contribution in [0.4, 0.5) is 5.69 Å². The van der Waals surface area contributed by atoms with Crippen molar-refractivity contribution in [1.29, 1.82) is 0 Å². The van der Waals surface area contributed by atoms with Gasteiger partial charge < -0.3 is 21.1 Å². The molecule has 0 aromatic heterocycles. The molecule has 1 heterocycles. The molecule has 1 saturated heterocycles. The zero-order valence-electron chi connectivity index (χ0n) is 16.6. The second-order valence-electron chi connectivity index (χ2n) is 8.51. The number of halogens is 1. The van der Waals surface area contributed by atoms with Gasteiger partial charge in [0.25, 0.3) is 0 Å². The average molecular weight is 417 g/mol. The summed E-state index contributed by atoms with van der Waals surface area (Å²) in [7, 11) is 0. The van der Waals surface area contributed by atoms with Gasteiger partial charge in [-0.2, -0.15) is 0 Å². The maximum Gasteiger partial charge on any atom is 0.117 e. The molecule has 1 aliphatic carbocycles. The molecule has 6 atom stereocenters. The first kappa shape index (κ1) is 20.5. The number of nitrogens with one attached hydrogen (secondary N) is 1. The Labute approximate surface area is 176 Å². The summed E-state index contributed by atoms with van der Waals surface area (Å²) >= 11 is 6.56. The Morgan fingerprint density at radius 2 is 1.93 bits per heavy atom. The Hall–Kier alpha value is -1.79. The van der Waals surface area contributed by atoms with E-state index in [0.29, 0.717) is 10.7 Å². The Bertz CT molecular complexity index is 875. The van der Waals surface area contributed by atoms with Crippen LogP contribution in [0.2, 0.25) is 5.02 Å². The zero-order chi connectivity index (χ0) is 20.8. The highest BCUT2D eigenvalue weighted by Crippen LogP contribution is 2.61. The molecule has 1 saturated carbocycles. The van der Waals surface area contributed by atoms with E-state index < -0.39 is 6.23 Å². The SMILES string of the molecule is CC[C@@]12CC[C@@H](c3ccc(O)cc3Cl)[C@H](c3ccc(N)cc3)[C@@H]1[C@@H](CO)NC2O. The Balaban J connectivity index is 1.87. The van der Waals surface area contributed by atoms with Crippen LogP contribution < -0.4 is 11.1 Å². The third kappa shape index (κ3) is 3.30. The van der Waals surface area contributed by atoms with Crippen LogP contribution in [0.5, 0.6) is 5.75 Å². The summed E-state index contributed by atoms with van der Waals surface area (Å²) in [5.41, 5.74) is 8.46. The van der Waals surface area contributed by atoms with Gasteiger partial charge in [-0.15, -0.1) is 0 Å². The third-order valence-corrected chi connectivity index (χ3v) is 7.64. The monoisotopic (exact) mass is 416 g/mol. The van der Waals surface area contributed by atoms with E-state index in [1.165, 1.54) is 0 Å². The van der Waals surface area contributed by atoms with Crippen molar-refractivity contribution in [2.24, 2.45) is 11.3 Å². The molecular formula is C23H29ClN2O3. The number of nitrogens with two attached hydrogens (primary N) is 1. The highest BCUT2D eigenvalue weighted by molar-refractivity contribution is 6.31. The van der Waals surface area contributed by atoms with E-state index in [9.17, 15) is 15.3 Å². The van der Waals surface area contributed by atoms with Gasteiger partial charge in [-0.1, -0.05) is 36.7 Å². The molecule has 0 amide bonds. The second kappa shape index (κ2) is 7.80. The fourth-order valence-electron chi connectivity index (χ4n) is 5.92. The van der Waals surface area contributed by atoms with Crippen molar-refractivity contribution in [2.75, 3.05) is 12.3 Å². The lowest BCUT2D eigenvalue weighted by molar-refractivity contribution is -0.0278. The zero-order valence-corrected chi connectivity index (χ0v) is 17.3. The van der Waals surface area contributed by atoms with Crippen molar-refractivity contribution in [3.63, 3.8) is 0 Å². The van der Waals surface area contributed by atoms with Gasteiger partial charge in [0.05, 0.1) is 6.61 Å². The average Bonchev–Trinajstić information content (AvgIpc) is 3.00. The highest BCUT2D eigenvalue weighted by atomic mass is 35.5. The molecule has 5 nitrogen and oxygen atoms in total. The van der Waals surface area contributed by atoms with Crippen molar-refractivity contribution < 1.29 is 15.3 Å². The second-order valence-corrected chi connectivity index (χ2v) is 8.92. The first-order valence-electron chi connectivity index (χ1n) is 10.3. The Morgan fingerprint density at radius 3 is 2.55 bits per heavy atom. The molecule has 2 aromatic carbocycles. The predicted octanol–water partition coefficient (Wildman–Crippen LogP) is 3.58. The minimum Gasteiger partial charge on any atom is -0.508 e. The molecular weight excluding hydrogens is 388 g/mol. The molecule has 0 spiro atoms. The number of hydrogen-bond acceptors (Lipinski definition) is 5. The number of hydrogen-bond donors (Lipinski definition) is 5. The third-order valence-electron chi connectivity index (χ3n) is 7.31. The molecule has 2 fully saturated rings. The van der Waals surface area contributed by atoms with Gasteiger partial charge in [0, 0.05) is 22.2 Å². The van der Waals surface area contributed by atoms with Crippen LogP contribution in [0.1, 0.15) is 49.1 Å². The molecule has 6 N–H and O–H groups in total. The molecule has 2 aliphatic rings. The number of phenols is 1. The van der Waals surface area contributed by atoms with Gasteiger partial charge in [-0.3, -0.25) is 5.32 Å². The predicted molar refractivity (Wildman–Crippen MR) is 115 cm³/mol. The van der Waals surface area contributed by atoms with Gasteiger partial charge in [0.2, 0.25) is 0 Å². The van der Waals surface area contributed by atoms with Crippen LogP contribution in [-0.2, 0) is 0 Å². The molecule has 0 radical (unpaired) electrons. The molecule has 1 unspecified atom stereocenters. The summed E-state index contributed by atoms with van der Waals surface area (Å²) in [6, 6.07) is 12.9. The summed E-state index contributed by atoms with van der Waals surface area (Å²) < 4.78 is 0. The summed E-state index contributed by atoms with van der Waals surface area (Å²) in [5.74, 6) is 0.345. The minimum atomic E-state index is -0.651. The van der Waals surface area contributed by atoms with Crippen LogP contribution in [0.3, 0.4) is 0 Å². The van der Waals surface area contributed by atoms with Crippen LogP contribution in [0.25, 0.3) is 0 Å². The lowest BCUT2D eigenvalue weighted by atomic mass is 9.54. The molecule has 29 heavy (non-hydrogen) atoms. The van der Waals surface area contributed by atoms with E-state index in [4.69, 9.17) is 17.3 Å². The maximum atomic E-state index is 10.9. The van der Waals surface area contributed by atoms with Crippen molar-refractivity contribution in [2.45, 2.75) is 50.3 Å². The number of phenolic OH excluding ortho intramolecular Hbond substituents is 1. The minimum absolute atomic E-state index is 0.0367. The molecule has 156 valence electrons. The van der Waals surface area contributed by atoms with Crippen molar-refractivity contribution in [3.05, 3.63) is 58.6 Å². The molecule has 1 aliphatic heterocycles. The van der Waals surface area contributed by atoms with E-state index in [2.05, 4.69) is 12.2 Å². The van der Waals surface area contributed by atoms with E-state index in [1.54, 1.807) is 12.1 Å². The van der Waals surface area contributed by atoms with E-state index in [-0.39, 0.29) is 41.6 Å². The number of aromatic hydroxyl groups is 1. The number of rotatable bonds is 4.